The Morgan fingerprint density at radius 1 is 1.50 bits per heavy atom. The number of carbonyl (C=O) groups is 1. The first kappa shape index (κ1) is 13.0. The normalized spacial score (nSPS) is 10.2. The lowest BCUT2D eigenvalue weighted by molar-refractivity contribution is 0.0980. The molecule has 0 aliphatic rings. The Morgan fingerprint density at radius 2 is 2.19 bits per heavy atom. The number of methoxy groups -OCH3 is 1. The summed E-state index contributed by atoms with van der Waals surface area (Å²) in [5.41, 5.74) is 6.90. The smallest absolute Gasteiger partial charge is 0.163 e. The van der Waals surface area contributed by atoms with Crippen molar-refractivity contribution in [2.24, 2.45) is 5.73 Å². The van der Waals surface area contributed by atoms with Gasteiger partial charge < -0.3 is 10.5 Å². The van der Waals surface area contributed by atoms with Gasteiger partial charge >= 0.3 is 0 Å². The number of nitrogens with two attached hydrogens (primary N) is 1. The maximum atomic E-state index is 11.8. The molecule has 0 radical (unpaired) electrons. The van der Waals surface area contributed by atoms with Gasteiger partial charge in [0, 0.05) is 12.0 Å². The van der Waals surface area contributed by atoms with Crippen LogP contribution in [-0.2, 0) is 0 Å². The van der Waals surface area contributed by atoms with Gasteiger partial charge in [0.25, 0.3) is 0 Å². The Morgan fingerprint density at radius 3 is 2.75 bits per heavy atom. The molecule has 0 amide bonds. The van der Waals surface area contributed by atoms with Gasteiger partial charge in [-0.15, -0.1) is 0 Å². The maximum absolute atomic E-state index is 11.8. The Bertz CT molecular complexity index is 391. The summed E-state index contributed by atoms with van der Waals surface area (Å²) in [5, 5.41) is 0.462. The summed E-state index contributed by atoms with van der Waals surface area (Å²) in [5.74, 6) is 0.669. The van der Waals surface area contributed by atoms with Crippen LogP contribution in [0, 0.1) is 6.92 Å². The highest BCUT2D eigenvalue weighted by molar-refractivity contribution is 6.32. The van der Waals surface area contributed by atoms with Gasteiger partial charge in [-0.1, -0.05) is 11.6 Å². The third-order valence-corrected chi connectivity index (χ3v) is 2.70. The van der Waals surface area contributed by atoms with Crippen molar-refractivity contribution in [3.05, 3.63) is 28.3 Å². The number of ether oxygens (including phenoxy) is 1. The summed E-state index contributed by atoms with van der Waals surface area (Å²) in [7, 11) is 1.55. The second-order valence-electron chi connectivity index (χ2n) is 3.62. The number of aryl methyl sites for hydroxylation is 1. The topological polar surface area (TPSA) is 52.3 Å². The molecule has 0 aliphatic carbocycles. The molecule has 3 nitrogen and oxygen atoms in total. The van der Waals surface area contributed by atoms with Crippen LogP contribution in [0.3, 0.4) is 0 Å². The average Bonchev–Trinajstić information content (AvgIpc) is 2.28. The van der Waals surface area contributed by atoms with Crippen molar-refractivity contribution in [2.75, 3.05) is 13.7 Å². The lowest BCUT2D eigenvalue weighted by Crippen LogP contribution is -2.06. The number of rotatable bonds is 5. The molecular formula is C12H16ClNO2. The van der Waals surface area contributed by atoms with E-state index in [4.69, 9.17) is 22.1 Å². The van der Waals surface area contributed by atoms with Crippen molar-refractivity contribution in [1.29, 1.82) is 0 Å². The van der Waals surface area contributed by atoms with Crippen LogP contribution in [0.15, 0.2) is 12.1 Å². The summed E-state index contributed by atoms with van der Waals surface area (Å²) in [6, 6.07) is 3.44. The van der Waals surface area contributed by atoms with Crippen LogP contribution in [0.4, 0.5) is 0 Å². The molecule has 1 aromatic carbocycles. The van der Waals surface area contributed by atoms with Gasteiger partial charge in [-0.05, 0) is 37.6 Å². The number of carbonyl (C=O) groups excluding carboxylic acids is 1. The van der Waals surface area contributed by atoms with E-state index >= 15 is 0 Å². The lowest BCUT2D eigenvalue weighted by atomic mass is 10.0. The van der Waals surface area contributed by atoms with Gasteiger partial charge in [-0.2, -0.15) is 0 Å². The number of benzene rings is 1. The van der Waals surface area contributed by atoms with E-state index in [0.29, 0.717) is 35.7 Å². The van der Waals surface area contributed by atoms with Crippen LogP contribution in [0.2, 0.25) is 5.02 Å². The Balaban J connectivity index is 2.97. The molecule has 2 N–H and O–H groups in total. The molecule has 1 rings (SSSR count). The van der Waals surface area contributed by atoms with E-state index < -0.39 is 0 Å². The van der Waals surface area contributed by atoms with Crippen molar-refractivity contribution >= 4 is 17.4 Å². The van der Waals surface area contributed by atoms with Gasteiger partial charge in [0.1, 0.15) is 5.75 Å². The molecule has 0 saturated carbocycles. The third kappa shape index (κ3) is 2.97. The second kappa shape index (κ2) is 5.87. The number of Topliss-reactive ketones (excluding diaryl/α,β-unsaturated/α-hetero) is 1. The third-order valence-electron chi connectivity index (χ3n) is 2.41. The molecule has 0 bridgehead atoms. The molecule has 4 heteroatoms. The van der Waals surface area contributed by atoms with Crippen LogP contribution >= 0.6 is 11.6 Å². The highest BCUT2D eigenvalue weighted by Gasteiger charge is 2.12. The predicted octanol–water partition coefficient (Wildman–Crippen LogP) is 2.58. The van der Waals surface area contributed by atoms with Crippen molar-refractivity contribution in [2.45, 2.75) is 19.8 Å². The molecule has 1 aromatic rings. The largest absolute Gasteiger partial charge is 0.495 e. The fraction of sp³-hybridized carbons (Fsp3) is 0.417. The fourth-order valence-corrected chi connectivity index (χ4v) is 1.75. The standard InChI is InChI=1S/C12H16ClNO2/c1-8-6-12(16-2)10(13)7-9(8)11(15)4-3-5-14/h6-7H,3-5,14H2,1-2H3. The van der Waals surface area contributed by atoms with Crippen LogP contribution in [0.25, 0.3) is 0 Å². The van der Waals surface area contributed by atoms with Crippen molar-refractivity contribution < 1.29 is 9.53 Å². The maximum Gasteiger partial charge on any atom is 0.163 e. The zero-order valence-electron chi connectivity index (χ0n) is 9.55. The van der Waals surface area contributed by atoms with Crippen molar-refractivity contribution in [3.63, 3.8) is 0 Å². The van der Waals surface area contributed by atoms with Gasteiger partial charge in [0.15, 0.2) is 5.78 Å². The van der Waals surface area contributed by atoms with Crippen LogP contribution in [0.1, 0.15) is 28.8 Å². The first-order valence-corrected chi connectivity index (χ1v) is 5.55. The molecule has 0 spiro atoms. The minimum atomic E-state index is 0.0764. The summed E-state index contributed by atoms with van der Waals surface area (Å²) in [6.45, 7) is 2.39. The van der Waals surface area contributed by atoms with Crippen LogP contribution < -0.4 is 10.5 Å². The first-order valence-electron chi connectivity index (χ1n) is 5.17. The van der Waals surface area contributed by atoms with Gasteiger partial charge in [0.2, 0.25) is 0 Å². The lowest BCUT2D eigenvalue weighted by Gasteiger charge is -2.09. The van der Waals surface area contributed by atoms with Crippen LogP contribution in [0.5, 0.6) is 5.75 Å². The summed E-state index contributed by atoms with van der Waals surface area (Å²) in [6.07, 6.45) is 1.15. The Labute approximate surface area is 101 Å². The Kier molecular flexibility index (Phi) is 4.77. The second-order valence-corrected chi connectivity index (χ2v) is 4.02. The Hall–Kier alpha value is -1.06. The van der Waals surface area contributed by atoms with E-state index in [-0.39, 0.29) is 5.78 Å². The minimum absolute atomic E-state index is 0.0764. The predicted molar refractivity (Wildman–Crippen MR) is 65.4 cm³/mol. The summed E-state index contributed by atoms with van der Waals surface area (Å²) in [4.78, 5) is 11.8. The average molecular weight is 242 g/mol. The van der Waals surface area contributed by atoms with E-state index in [2.05, 4.69) is 0 Å². The fourth-order valence-electron chi connectivity index (χ4n) is 1.51. The number of hydrogen-bond acceptors (Lipinski definition) is 3. The minimum Gasteiger partial charge on any atom is -0.495 e. The van der Waals surface area contributed by atoms with Crippen LogP contribution in [-0.4, -0.2) is 19.4 Å². The SMILES string of the molecule is COc1cc(C)c(C(=O)CCCN)cc1Cl. The molecule has 0 heterocycles. The highest BCUT2D eigenvalue weighted by atomic mass is 35.5. The molecule has 0 aromatic heterocycles. The quantitative estimate of drug-likeness (QED) is 0.807. The monoisotopic (exact) mass is 241 g/mol. The van der Waals surface area contributed by atoms with E-state index in [1.165, 1.54) is 0 Å². The van der Waals surface area contributed by atoms with Crippen molar-refractivity contribution in [1.82, 2.24) is 0 Å². The molecule has 88 valence electrons. The van der Waals surface area contributed by atoms with Crippen molar-refractivity contribution in [3.8, 4) is 5.75 Å². The van der Waals surface area contributed by atoms with Gasteiger partial charge in [0.05, 0.1) is 12.1 Å². The summed E-state index contributed by atoms with van der Waals surface area (Å²) >= 11 is 5.98. The molecule has 0 unspecified atom stereocenters. The van der Waals surface area contributed by atoms with E-state index in [1.807, 2.05) is 6.92 Å². The van der Waals surface area contributed by atoms with Gasteiger partial charge in [-0.3, -0.25) is 4.79 Å². The molecule has 0 fully saturated rings. The molecule has 0 aliphatic heterocycles. The zero-order chi connectivity index (χ0) is 12.1. The summed E-state index contributed by atoms with van der Waals surface area (Å²) < 4.78 is 5.08. The number of halogens is 1. The first-order chi connectivity index (χ1) is 7.60. The van der Waals surface area contributed by atoms with E-state index in [0.717, 1.165) is 5.56 Å². The number of hydrogen-bond donors (Lipinski definition) is 1. The zero-order valence-corrected chi connectivity index (χ0v) is 10.3. The molecular weight excluding hydrogens is 226 g/mol. The highest BCUT2D eigenvalue weighted by Crippen LogP contribution is 2.28. The molecule has 0 atom stereocenters. The van der Waals surface area contributed by atoms with Gasteiger partial charge in [-0.25, -0.2) is 0 Å². The van der Waals surface area contributed by atoms with E-state index in [9.17, 15) is 4.79 Å². The number of ketones is 1. The molecule has 16 heavy (non-hydrogen) atoms. The van der Waals surface area contributed by atoms with E-state index in [1.54, 1.807) is 19.2 Å². The molecule has 0 saturated heterocycles.